The number of rotatable bonds is 3. The molecule has 0 amide bonds. The summed E-state index contributed by atoms with van der Waals surface area (Å²) in [4.78, 5) is 0. The first kappa shape index (κ1) is 14.6. The van der Waals surface area contributed by atoms with Gasteiger partial charge in [0.1, 0.15) is 5.69 Å². The topological polar surface area (TPSA) is 56.7 Å². The summed E-state index contributed by atoms with van der Waals surface area (Å²) in [6.45, 7) is 2.44. The number of fused-ring (bicyclic) bond motifs is 1. The summed E-state index contributed by atoms with van der Waals surface area (Å²) in [5.41, 5.74) is 11.0. The zero-order valence-electron chi connectivity index (χ0n) is 13.5. The average molecular weight is 314 g/mol. The third kappa shape index (κ3) is 2.37. The highest BCUT2D eigenvalue weighted by Gasteiger charge is 2.16. The zero-order chi connectivity index (χ0) is 16.5. The molecule has 0 radical (unpaired) electrons. The molecule has 0 saturated heterocycles. The van der Waals surface area contributed by atoms with Gasteiger partial charge in [-0.2, -0.15) is 0 Å². The SMILES string of the molecule is Cc1cccc(-c2c(CN)nnn2-c2cccc3ccccc23)c1. The van der Waals surface area contributed by atoms with Crippen molar-refractivity contribution in [2.75, 3.05) is 0 Å². The molecule has 1 aromatic heterocycles. The first-order valence-corrected chi connectivity index (χ1v) is 7.98. The van der Waals surface area contributed by atoms with E-state index in [1.54, 1.807) is 0 Å². The lowest BCUT2D eigenvalue weighted by Crippen LogP contribution is -2.03. The summed E-state index contributed by atoms with van der Waals surface area (Å²) in [6, 6.07) is 22.8. The van der Waals surface area contributed by atoms with Gasteiger partial charge in [-0.15, -0.1) is 5.10 Å². The van der Waals surface area contributed by atoms with Gasteiger partial charge in [0.15, 0.2) is 0 Å². The molecule has 24 heavy (non-hydrogen) atoms. The molecule has 3 aromatic carbocycles. The van der Waals surface area contributed by atoms with Gasteiger partial charge in [-0.1, -0.05) is 65.4 Å². The lowest BCUT2D eigenvalue weighted by Gasteiger charge is -2.11. The van der Waals surface area contributed by atoms with E-state index in [1.165, 1.54) is 10.9 Å². The Kier molecular flexibility index (Phi) is 3.59. The second-order valence-electron chi connectivity index (χ2n) is 5.87. The van der Waals surface area contributed by atoms with Crippen molar-refractivity contribution in [3.05, 3.63) is 78.0 Å². The van der Waals surface area contributed by atoms with Crippen molar-refractivity contribution in [3.63, 3.8) is 0 Å². The molecule has 0 fully saturated rings. The van der Waals surface area contributed by atoms with E-state index >= 15 is 0 Å². The van der Waals surface area contributed by atoms with Gasteiger partial charge in [-0.25, -0.2) is 4.68 Å². The second-order valence-corrected chi connectivity index (χ2v) is 5.87. The number of hydrogen-bond acceptors (Lipinski definition) is 3. The molecule has 0 aliphatic carbocycles. The van der Waals surface area contributed by atoms with Crippen LogP contribution in [0.5, 0.6) is 0 Å². The van der Waals surface area contributed by atoms with Crippen LogP contribution in [0.3, 0.4) is 0 Å². The highest BCUT2D eigenvalue weighted by atomic mass is 15.4. The van der Waals surface area contributed by atoms with Gasteiger partial charge in [0.25, 0.3) is 0 Å². The van der Waals surface area contributed by atoms with Crippen molar-refractivity contribution in [1.82, 2.24) is 15.0 Å². The molecule has 0 unspecified atom stereocenters. The van der Waals surface area contributed by atoms with Gasteiger partial charge < -0.3 is 5.73 Å². The summed E-state index contributed by atoms with van der Waals surface area (Å²) < 4.78 is 1.90. The van der Waals surface area contributed by atoms with Gasteiger partial charge in [0.2, 0.25) is 0 Å². The molecule has 0 spiro atoms. The summed E-state index contributed by atoms with van der Waals surface area (Å²) in [7, 11) is 0. The normalized spacial score (nSPS) is 11.1. The van der Waals surface area contributed by atoms with Crippen LogP contribution in [-0.4, -0.2) is 15.0 Å². The monoisotopic (exact) mass is 314 g/mol. The van der Waals surface area contributed by atoms with E-state index in [9.17, 15) is 0 Å². The number of aromatic nitrogens is 3. The van der Waals surface area contributed by atoms with Crippen molar-refractivity contribution < 1.29 is 0 Å². The molecule has 0 saturated carbocycles. The van der Waals surface area contributed by atoms with E-state index in [4.69, 9.17) is 5.73 Å². The van der Waals surface area contributed by atoms with Gasteiger partial charge in [0, 0.05) is 17.5 Å². The Morgan fingerprint density at radius 2 is 1.75 bits per heavy atom. The summed E-state index contributed by atoms with van der Waals surface area (Å²) in [5.74, 6) is 0. The Labute approximate surface area is 140 Å². The fourth-order valence-electron chi connectivity index (χ4n) is 3.09. The standard InChI is InChI=1S/C20H18N4/c1-14-6-4-9-16(12-14)20-18(13-21)22-23-24(20)19-11-5-8-15-7-2-3-10-17(15)19/h2-12H,13,21H2,1H3. The summed E-state index contributed by atoms with van der Waals surface area (Å²) >= 11 is 0. The molecular weight excluding hydrogens is 296 g/mol. The summed E-state index contributed by atoms with van der Waals surface area (Å²) in [6.07, 6.45) is 0. The Morgan fingerprint density at radius 1 is 0.958 bits per heavy atom. The van der Waals surface area contributed by atoms with Crippen molar-refractivity contribution in [2.45, 2.75) is 13.5 Å². The van der Waals surface area contributed by atoms with Crippen LogP contribution in [0.2, 0.25) is 0 Å². The predicted molar refractivity (Wildman–Crippen MR) is 96.9 cm³/mol. The van der Waals surface area contributed by atoms with Gasteiger partial charge in [-0.05, 0) is 24.4 Å². The minimum atomic E-state index is 0.355. The molecule has 4 heteroatoms. The van der Waals surface area contributed by atoms with Crippen LogP contribution < -0.4 is 5.73 Å². The Morgan fingerprint density at radius 3 is 2.58 bits per heavy atom. The number of benzene rings is 3. The molecule has 4 aromatic rings. The molecule has 4 nitrogen and oxygen atoms in total. The lowest BCUT2D eigenvalue weighted by molar-refractivity contribution is 0.804. The van der Waals surface area contributed by atoms with E-state index in [-0.39, 0.29) is 0 Å². The number of nitrogens with two attached hydrogens (primary N) is 1. The zero-order valence-corrected chi connectivity index (χ0v) is 13.5. The molecule has 0 aliphatic rings. The molecule has 2 N–H and O–H groups in total. The molecule has 1 heterocycles. The largest absolute Gasteiger partial charge is 0.325 e. The first-order valence-electron chi connectivity index (χ1n) is 7.98. The predicted octanol–water partition coefficient (Wildman–Crippen LogP) is 3.85. The Bertz CT molecular complexity index is 1010. The fraction of sp³-hybridized carbons (Fsp3) is 0.100. The third-order valence-electron chi connectivity index (χ3n) is 4.22. The highest BCUT2D eigenvalue weighted by molar-refractivity contribution is 5.90. The molecular formula is C20H18N4. The third-order valence-corrected chi connectivity index (χ3v) is 4.22. The maximum absolute atomic E-state index is 5.91. The van der Waals surface area contributed by atoms with Crippen molar-refractivity contribution in [1.29, 1.82) is 0 Å². The smallest absolute Gasteiger partial charge is 0.105 e. The highest BCUT2D eigenvalue weighted by Crippen LogP contribution is 2.29. The summed E-state index contributed by atoms with van der Waals surface area (Å²) in [5, 5.41) is 11.0. The van der Waals surface area contributed by atoms with Crippen molar-refractivity contribution in [2.24, 2.45) is 5.73 Å². The van der Waals surface area contributed by atoms with Crippen LogP contribution in [0.25, 0.3) is 27.7 Å². The van der Waals surface area contributed by atoms with Crippen molar-refractivity contribution in [3.8, 4) is 16.9 Å². The second kappa shape index (κ2) is 5.91. The van der Waals surface area contributed by atoms with E-state index in [0.29, 0.717) is 6.54 Å². The van der Waals surface area contributed by atoms with E-state index in [2.05, 4.69) is 59.7 Å². The Balaban J connectivity index is 2.01. The maximum atomic E-state index is 5.91. The van der Waals surface area contributed by atoms with Crippen LogP contribution in [0.1, 0.15) is 11.3 Å². The van der Waals surface area contributed by atoms with Gasteiger partial charge in [0.05, 0.1) is 11.4 Å². The number of hydrogen-bond donors (Lipinski definition) is 1. The lowest BCUT2D eigenvalue weighted by atomic mass is 10.1. The van der Waals surface area contributed by atoms with Crippen molar-refractivity contribution >= 4 is 10.8 Å². The van der Waals surface area contributed by atoms with E-state index in [0.717, 1.165) is 28.0 Å². The minimum Gasteiger partial charge on any atom is -0.325 e. The van der Waals surface area contributed by atoms with Crippen LogP contribution in [0.15, 0.2) is 66.7 Å². The van der Waals surface area contributed by atoms with Crippen LogP contribution >= 0.6 is 0 Å². The van der Waals surface area contributed by atoms with Crippen LogP contribution in [-0.2, 0) is 6.54 Å². The van der Waals surface area contributed by atoms with Crippen LogP contribution in [0, 0.1) is 6.92 Å². The molecule has 118 valence electrons. The number of aryl methyl sites for hydroxylation is 1. The van der Waals surface area contributed by atoms with E-state index in [1.807, 2.05) is 28.9 Å². The first-order chi connectivity index (χ1) is 11.8. The van der Waals surface area contributed by atoms with Gasteiger partial charge >= 0.3 is 0 Å². The van der Waals surface area contributed by atoms with Crippen LogP contribution in [0.4, 0.5) is 0 Å². The molecule has 0 bridgehead atoms. The van der Waals surface area contributed by atoms with Gasteiger partial charge in [-0.3, -0.25) is 0 Å². The molecule has 0 aliphatic heterocycles. The Hall–Kier alpha value is -2.98. The fourth-order valence-corrected chi connectivity index (χ4v) is 3.09. The average Bonchev–Trinajstić information content (AvgIpc) is 3.05. The van der Waals surface area contributed by atoms with E-state index < -0.39 is 0 Å². The number of nitrogens with zero attached hydrogens (tertiary/aromatic N) is 3. The maximum Gasteiger partial charge on any atom is 0.105 e. The minimum absolute atomic E-state index is 0.355. The quantitative estimate of drug-likeness (QED) is 0.625. The molecule has 0 atom stereocenters. The molecule has 4 rings (SSSR count).